The van der Waals surface area contributed by atoms with Crippen LogP contribution in [-0.2, 0) is 25.9 Å². The van der Waals surface area contributed by atoms with Gasteiger partial charge in [-0.05, 0) is 66.2 Å². The van der Waals surface area contributed by atoms with E-state index in [4.69, 9.17) is 42.8 Å². The Morgan fingerprint density at radius 1 is 1.00 bits per heavy atom. The number of rotatable bonds is 14. The quantitative estimate of drug-likeness (QED) is 0.112. The molecule has 0 spiro atoms. The summed E-state index contributed by atoms with van der Waals surface area (Å²) < 4.78 is 52.8. The van der Waals surface area contributed by atoms with Crippen molar-refractivity contribution >= 4 is 44.8 Å². The highest BCUT2D eigenvalue weighted by molar-refractivity contribution is 7.91. The molecule has 0 bridgehead atoms. The van der Waals surface area contributed by atoms with Crippen molar-refractivity contribution in [1.82, 2.24) is 10.9 Å². The Hall–Kier alpha value is -4.00. The maximum absolute atomic E-state index is 14.3. The number of hydrogen-bond donors (Lipinski definition) is 3. The van der Waals surface area contributed by atoms with Gasteiger partial charge in [-0.3, -0.25) is 10.2 Å². The fraction of sp³-hybridized carbons (Fsp3) is 0.235. The zero-order chi connectivity index (χ0) is 33.4. The van der Waals surface area contributed by atoms with Crippen LogP contribution in [-0.4, -0.2) is 49.8 Å². The Labute approximate surface area is 282 Å². The van der Waals surface area contributed by atoms with Gasteiger partial charge in [0.05, 0.1) is 17.3 Å². The smallest absolute Gasteiger partial charge is 0.266 e. The molecule has 1 heterocycles. The Balaban J connectivity index is 1.54. The first-order valence-electron chi connectivity index (χ1n) is 14.7. The predicted molar refractivity (Wildman–Crippen MR) is 178 cm³/mol. The first kappa shape index (κ1) is 34.3. The maximum atomic E-state index is 14.3. The van der Waals surface area contributed by atoms with Crippen molar-refractivity contribution in [2.45, 2.75) is 35.9 Å². The van der Waals surface area contributed by atoms with E-state index in [9.17, 15) is 17.6 Å². The summed E-state index contributed by atoms with van der Waals surface area (Å²) in [7, 11) is -3.86. The molecule has 0 saturated carbocycles. The average Bonchev–Trinajstić information content (AvgIpc) is 3.45. The van der Waals surface area contributed by atoms with Crippen molar-refractivity contribution in [1.29, 1.82) is 0 Å². The molecule has 0 radical (unpaired) electrons. The zero-order valence-electron chi connectivity index (χ0n) is 25.0. The second kappa shape index (κ2) is 15.3. The van der Waals surface area contributed by atoms with Gasteiger partial charge in [-0.15, -0.1) is 0 Å². The Kier molecular flexibility index (Phi) is 11.2. The molecule has 0 saturated heterocycles. The van der Waals surface area contributed by atoms with Crippen molar-refractivity contribution in [2.24, 2.45) is 4.99 Å². The molecule has 1 aliphatic rings. The third-order valence-electron chi connectivity index (χ3n) is 7.51. The number of sulfone groups is 1. The molecule has 13 heteroatoms. The number of carbonyl (C=O) groups is 1. The van der Waals surface area contributed by atoms with Crippen molar-refractivity contribution in [2.75, 3.05) is 19.0 Å². The van der Waals surface area contributed by atoms with E-state index in [2.05, 4.69) is 10.9 Å². The van der Waals surface area contributed by atoms with Crippen LogP contribution in [0.4, 0.5) is 4.39 Å². The lowest BCUT2D eigenvalue weighted by atomic mass is 9.85. The van der Waals surface area contributed by atoms with E-state index in [0.29, 0.717) is 40.5 Å². The summed E-state index contributed by atoms with van der Waals surface area (Å²) in [6, 6.07) is 25.3. The first-order valence-corrected chi connectivity index (χ1v) is 17.1. The minimum absolute atomic E-state index is 0.00138. The van der Waals surface area contributed by atoms with Crippen LogP contribution in [0.3, 0.4) is 0 Å². The van der Waals surface area contributed by atoms with Crippen molar-refractivity contribution in [3.05, 3.63) is 130 Å². The molecule has 9 nitrogen and oxygen atoms in total. The maximum Gasteiger partial charge on any atom is 0.266 e. The number of halogens is 3. The highest BCUT2D eigenvalue weighted by Crippen LogP contribution is 2.45. The topological polar surface area (TPSA) is 126 Å². The van der Waals surface area contributed by atoms with E-state index in [1.165, 1.54) is 30.3 Å². The molecular formula is C34H32Cl2FN3O6S. The van der Waals surface area contributed by atoms with Crippen molar-refractivity contribution in [3.8, 4) is 5.75 Å². The van der Waals surface area contributed by atoms with Crippen LogP contribution >= 0.6 is 23.2 Å². The second-order valence-electron chi connectivity index (χ2n) is 10.8. The van der Waals surface area contributed by atoms with E-state index in [0.717, 1.165) is 0 Å². The average molecular weight is 701 g/mol. The summed E-state index contributed by atoms with van der Waals surface area (Å²) in [6.45, 7) is 0.397. The minimum Gasteiger partial charge on any atom is -0.494 e. The summed E-state index contributed by atoms with van der Waals surface area (Å²) in [5, 5.41) is 9.59. The number of amides is 1. The zero-order valence-corrected chi connectivity index (χ0v) is 27.4. The lowest BCUT2D eigenvalue weighted by Gasteiger charge is -2.31. The largest absolute Gasteiger partial charge is 0.494 e. The summed E-state index contributed by atoms with van der Waals surface area (Å²) in [4.78, 5) is 19.2. The Bertz CT molecular complexity index is 1840. The Morgan fingerprint density at radius 2 is 1.77 bits per heavy atom. The lowest BCUT2D eigenvalue weighted by Crippen LogP contribution is -2.53. The molecule has 0 unspecified atom stereocenters. The highest BCUT2D eigenvalue weighted by Gasteiger charge is 2.54. The van der Waals surface area contributed by atoms with Crippen LogP contribution in [0.5, 0.6) is 5.75 Å². The fourth-order valence-corrected chi connectivity index (χ4v) is 6.97. The molecule has 5 rings (SSSR count). The number of nitrogens with zero attached hydrogens (tertiary/aromatic N) is 1. The highest BCUT2D eigenvalue weighted by atomic mass is 35.5. The van der Waals surface area contributed by atoms with Gasteiger partial charge in [0.25, 0.3) is 5.91 Å². The molecule has 0 aromatic heterocycles. The molecule has 246 valence electrons. The van der Waals surface area contributed by atoms with E-state index < -0.39 is 39.0 Å². The number of nitrogens with one attached hydrogen (secondary N) is 2. The molecule has 0 fully saturated rings. The minimum atomic E-state index is -3.86. The third kappa shape index (κ3) is 8.30. The molecule has 1 aliphatic heterocycles. The summed E-state index contributed by atoms with van der Waals surface area (Å²) >= 11 is 12.8. The van der Waals surface area contributed by atoms with Crippen molar-refractivity contribution < 1.29 is 32.2 Å². The van der Waals surface area contributed by atoms with E-state index in [-0.39, 0.29) is 35.4 Å². The number of aliphatic imine (C=N–C) groups is 1. The monoisotopic (exact) mass is 699 g/mol. The van der Waals surface area contributed by atoms with Crippen molar-refractivity contribution in [3.63, 3.8) is 0 Å². The van der Waals surface area contributed by atoms with Gasteiger partial charge in [0.2, 0.25) is 5.90 Å². The van der Waals surface area contributed by atoms with Gasteiger partial charge < -0.3 is 14.6 Å². The number of hydrazine groups is 1. The van der Waals surface area contributed by atoms with E-state index in [1.807, 2.05) is 0 Å². The molecule has 47 heavy (non-hydrogen) atoms. The number of carbonyl (C=O) groups excluding carboxylic acids is 1. The molecule has 0 aliphatic carbocycles. The Morgan fingerprint density at radius 3 is 2.47 bits per heavy atom. The van der Waals surface area contributed by atoms with Gasteiger partial charge in [-0.1, -0.05) is 59.6 Å². The SMILES string of the molecule is O=C(NNCc1cccc(F)c1)[C@@]1(CCS(=O)(=O)c2ccccc2)N=C(c2ccc(OCCCO)cc2)O[C@H]1c1ccc(Cl)cc1Cl. The van der Waals surface area contributed by atoms with Crippen LogP contribution in [0.1, 0.15) is 35.6 Å². The van der Waals surface area contributed by atoms with Crippen LogP contribution < -0.4 is 15.6 Å². The van der Waals surface area contributed by atoms with Gasteiger partial charge >= 0.3 is 0 Å². The third-order valence-corrected chi connectivity index (χ3v) is 9.81. The molecule has 4 aromatic rings. The fourth-order valence-electron chi connectivity index (χ4n) is 5.08. The summed E-state index contributed by atoms with van der Waals surface area (Å²) in [5.41, 5.74) is 5.07. The van der Waals surface area contributed by atoms with Gasteiger partial charge in [0.15, 0.2) is 21.5 Å². The second-order valence-corrected chi connectivity index (χ2v) is 13.7. The molecule has 1 amide bonds. The number of aliphatic hydroxyl groups is 1. The number of benzene rings is 4. The summed E-state index contributed by atoms with van der Waals surface area (Å²) in [5.74, 6) is -0.933. The number of aliphatic hydroxyl groups excluding tert-OH is 1. The van der Waals surface area contributed by atoms with Crippen LogP contribution in [0.2, 0.25) is 10.0 Å². The molecule has 4 aromatic carbocycles. The normalized spacial score (nSPS) is 17.5. The van der Waals surface area contributed by atoms with E-state index in [1.54, 1.807) is 66.7 Å². The van der Waals surface area contributed by atoms with Crippen LogP contribution in [0.15, 0.2) is 107 Å². The van der Waals surface area contributed by atoms with E-state index >= 15 is 0 Å². The molecular weight excluding hydrogens is 668 g/mol. The lowest BCUT2D eigenvalue weighted by molar-refractivity contribution is -0.130. The summed E-state index contributed by atoms with van der Waals surface area (Å²) in [6.07, 6.45) is -0.977. The van der Waals surface area contributed by atoms with Crippen LogP contribution in [0.25, 0.3) is 0 Å². The first-order chi connectivity index (χ1) is 22.6. The van der Waals surface area contributed by atoms with Gasteiger partial charge in [-0.25, -0.2) is 23.2 Å². The number of hydrogen-bond acceptors (Lipinski definition) is 8. The van der Waals surface area contributed by atoms with Gasteiger partial charge in [-0.2, -0.15) is 0 Å². The molecule has 3 N–H and O–H groups in total. The van der Waals surface area contributed by atoms with Gasteiger partial charge in [0, 0.05) is 47.2 Å². The number of ether oxygens (including phenoxy) is 2. The molecule has 2 atom stereocenters. The van der Waals surface area contributed by atoms with Crippen LogP contribution in [0, 0.1) is 5.82 Å². The predicted octanol–water partition coefficient (Wildman–Crippen LogP) is 5.84. The van der Waals surface area contributed by atoms with Gasteiger partial charge in [0.1, 0.15) is 11.6 Å². The standard InChI is InChI=1S/C34H32Cl2FN3O6S/c35-25-12-15-29(30(36)21-25)31-34(16-19-47(43,44)28-8-2-1-3-9-28,33(42)40-38-22-23-6-4-7-26(37)20-23)39-32(46-31)24-10-13-27(14-11-24)45-18-5-17-41/h1-4,6-15,20-21,31,38,41H,5,16-19,22H2,(H,40,42)/t31-,34-/m0/s1.